The van der Waals surface area contributed by atoms with Gasteiger partial charge in [-0.2, -0.15) is 0 Å². The predicted octanol–water partition coefficient (Wildman–Crippen LogP) is 19.3. The number of halogens is 4. The summed E-state index contributed by atoms with van der Waals surface area (Å²) in [6.45, 7) is 27.3. The van der Waals surface area contributed by atoms with Gasteiger partial charge in [0, 0.05) is 53.9 Å². The maximum absolute atomic E-state index is 7.70. The van der Waals surface area contributed by atoms with E-state index in [1.165, 1.54) is 43.8 Å². The highest BCUT2D eigenvalue weighted by molar-refractivity contribution is 6.59. The average Bonchev–Trinajstić information content (AvgIpc) is 3.16. The van der Waals surface area contributed by atoms with Gasteiger partial charge in [0.2, 0.25) is 0 Å². The van der Waals surface area contributed by atoms with Gasteiger partial charge in [0.25, 0.3) is 0 Å². The van der Waals surface area contributed by atoms with Crippen molar-refractivity contribution in [3.63, 3.8) is 0 Å². The van der Waals surface area contributed by atoms with Crippen LogP contribution in [0, 0.1) is 0 Å². The molecular formula is C56H50Cl4. The van der Waals surface area contributed by atoms with Crippen LogP contribution in [0.1, 0.15) is 105 Å². The standard InChI is InChI=1S/C56H50Cl4/c1-53(2,3)27-13-17-31-32-18-14-28(54(4,5)6)22-36(32)44-43(35(31)21-27)47-39(57)25-41(59)49-45-37-23-29(55(7,8)9)15-19-33(37)34-20-16-30(56(10,11)12)24-38(34)46(45)50-42(60)26-40(58)48(44)52(50)51(47)49/h13-26H,1-12H3. The molecule has 0 nitrogen and oxygen atoms in total. The molecule has 0 aliphatic heterocycles. The van der Waals surface area contributed by atoms with Crippen molar-refractivity contribution in [1.82, 2.24) is 0 Å². The molecule has 10 rings (SSSR count). The first-order chi connectivity index (χ1) is 28.0. The third-order valence-corrected chi connectivity index (χ3v) is 14.6. The largest absolute Gasteiger partial charge is 0.0836 e. The van der Waals surface area contributed by atoms with E-state index in [-0.39, 0.29) is 21.7 Å². The highest BCUT2D eigenvalue weighted by Crippen LogP contribution is 2.57. The van der Waals surface area contributed by atoms with Crippen molar-refractivity contribution in [3.05, 3.63) is 127 Å². The van der Waals surface area contributed by atoms with E-state index in [4.69, 9.17) is 46.4 Å². The summed E-state index contributed by atoms with van der Waals surface area (Å²) in [5.74, 6) is 0. The van der Waals surface area contributed by atoms with Crippen molar-refractivity contribution in [2.45, 2.75) is 105 Å². The fourth-order valence-electron chi connectivity index (χ4n) is 10.1. The minimum Gasteiger partial charge on any atom is -0.0836 e. The number of rotatable bonds is 0. The molecule has 0 aliphatic carbocycles. The van der Waals surface area contributed by atoms with Gasteiger partial charge in [-0.15, -0.1) is 0 Å². The molecule has 0 bridgehead atoms. The fourth-order valence-corrected chi connectivity index (χ4v) is 11.4. The van der Waals surface area contributed by atoms with Crippen LogP contribution < -0.4 is 0 Å². The molecule has 0 aromatic heterocycles. The molecule has 0 fully saturated rings. The quantitative estimate of drug-likeness (QED) is 0.105. The maximum Gasteiger partial charge on any atom is 0.0506 e. The van der Waals surface area contributed by atoms with E-state index in [0.717, 1.165) is 75.4 Å². The molecule has 10 aromatic rings. The molecule has 0 radical (unpaired) electrons. The second-order valence-electron chi connectivity index (χ2n) is 21.5. The van der Waals surface area contributed by atoms with Crippen LogP contribution in [0.4, 0.5) is 0 Å². The van der Waals surface area contributed by atoms with E-state index in [1.807, 2.05) is 12.1 Å². The van der Waals surface area contributed by atoms with Gasteiger partial charge in [-0.05, 0) is 123 Å². The molecule has 0 saturated carbocycles. The topological polar surface area (TPSA) is 0 Å². The first-order valence-electron chi connectivity index (χ1n) is 21.1. The fraction of sp³-hybridized carbons (Fsp3) is 0.286. The second-order valence-corrected chi connectivity index (χ2v) is 23.1. The lowest BCUT2D eigenvalue weighted by molar-refractivity contribution is 0.591. The van der Waals surface area contributed by atoms with E-state index in [1.54, 1.807) is 0 Å². The van der Waals surface area contributed by atoms with Crippen LogP contribution in [0.25, 0.3) is 97.0 Å². The Labute approximate surface area is 373 Å². The van der Waals surface area contributed by atoms with Crippen molar-refractivity contribution >= 4 is 143 Å². The van der Waals surface area contributed by atoms with E-state index in [9.17, 15) is 0 Å². The van der Waals surface area contributed by atoms with Crippen LogP contribution in [-0.2, 0) is 21.7 Å². The van der Waals surface area contributed by atoms with E-state index < -0.39 is 0 Å². The summed E-state index contributed by atoms with van der Waals surface area (Å²) in [5, 5.41) is 22.1. The molecule has 4 heteroatoms. The molecule has 0 aliphatic rings. The van der Waals surface area contributed by atoms with Gasteiger partial charge in [-0.25, -0.2) is 0 Å². The van der Waals surface area contributed by atoms with Gasteiger partial charge < -0.3 is 0 Å². The van der Waals surface area contributed by atoms with Gasteiger partial charge >= 0.3 is 0 Å². The molecule has 302 valence electrons. The van der Waals surface area contributed by atoms with Gasteiger partial charge in [-0.1, -0.05) is 178 Å². The molecule has 0 spiro atoms. The summed E-state index contributed by atoms with van der Waals surface area (Å²) in [6, 6.07) is 31.9. The van der Waals surface area contributed by atoms with Crippen molar-refractivity contribution in [3.8, 4) is 0 Å². The van der Waals surface area contributed by atoms with Crippen LogP contribution >= 0.6 is 46.4 Å². The minimum absolute atomic E-state index is 0.0875. The molecule has 0 unspecified atom stereocenters. The summed E-state index contributed by atoms with van der Waals surface area (Å²) in [4.78, 5) is 0. The third-order valence-electron chi connectivity index (χ3n) is 13.4. The van der Waals surface area contributed by atoms with E-state index in [0.29, 0.717) is 20.1 Å². The Morgan fingerprint density at radius 2 is 0.433 bits per heavy atom. The van der Waals surface area contributed by atoms with Gasteiger partial charge in [-0.3, -0.25) is 0 Å². The number of hydrogen-bond acceptors (Lipinski definition) is 0. The molecule has 60 heavy (non-hydrogen) atoms. The zero-order valence-electron chi connectivity index (χ0n) is 36.6. The summed E-state index contributed by atoms with van der Waals surface area (Å²) in [7, 11) is 0. The molecule has 0 saturated heterocycles. The summed E-state index contributed by atoms with van der Waals surface area (Å²) in [6.07, 6.45) is 0. The lowest BCUT2D eigenvalue weighted by Gasteiger charge is -2.27. The van der Waals surface area contributed by atoms with E-state index >= 15 is 0 Å². The predicted molar refractivity (Wildman–Crippen MR) is 270 cm³/mol. The van der Waals surface area contributed by atoms with Crippen LogP contribution in [0.3, 0.4) is 0 Å². The van der Waals surface area contributed by atoms with Crippen molar-refractivity contribution in [1.29, 1.82) is 0 Å². The van der Waals surface area contributed by atoms with Crippen LogP contribution in [0.5, 0.6) is 0 Å². The molecule has 0 amide bonds. The molecular weight excluding hydrogens is 814 g/mol. The Balaban J connectivity index is 1.64. The molecule has 0 heterocycles. The zero-order chi connectivity index (χ0) is 42.9. The molecule has 0 N–H and O–H groups in total. The number of benzene rings is 10. The normalized spacial score (nSPS) is 13.7. The number of hydrogen-bond donors (Lipinski definition) is 0. The minimum atomic E-state index is -0.0875. The zero-order valence-corrected chi connectivity index (χ0v) is 39.6. The first kappa shape index (κ1) is 40.1. The lowest BCUT2D eigenvalue weighted by atomic mass is 9.77. The SMILES string of the molecule is CC(C)(C)c1ccc2c3ccc(C(C)(C)C)cc3c3c4c(Cl)cc(Cl)c5c6c7cc(C(C)(C)C)ccc7c7ccc(C(C)(C)C)cc7c6c6c(Cl)cc(Cl)c(c3c2c1)c6c45. The molecule has 10 aromatic carbocycles. The average molecular weight is 865 g/mol. The van der Waals surface area contributed by atoms with Gasteiger partial charge in [0.15, 0.2) is 0 Å². The summed E-state index contributed by atoms with van der Waals surface area (Å²) < 4.78 is 0. The Bertz CT molecular complexity index is 3080. The highest BCUT2D eigenvalue weighted by atomic mass is 35.5. The Hall–Kier alpha value is -4.04. The van der Waals surface area contributed by atoms with Crippen LogP contribution in [0.15, 0.2) is 84.9 Å². The maximum atomic E-state index is 7.70. The Kier molecular flexibility index (Phi) is 8.52. The highest BCUT2D eigenvalue weighted by Gasteiger charge is 2.30. The van der Waals surface area contributed by atoms with Crippen molar-refractivity contribution in [2.75, 3.05) is 0 Å². The smallest absolute Gasteiger partial charge is 0.0506 e. The monoisotopic (exact) mass is 862 g/mol. The van der Waals surface area contributed by atoms with Crippen molar-refractivity contribution < 1.29 is 0 Å². The summed E-state index contributed by atoms with van der Waals surface area (Å²) >= 11 is 30.8. The third kappa shape index (κ3) is 5.63. The van der Waals surface area contributed by atoms with E-state index in [2.05, 4.69) is 156 Å². The first-order valence-corrected chi connectivity index (χ1v) is 22.6. The van der Waals surface area contributed by atoms with Gasteiger partial charge in [0.05, 0.1) is 20.1 Å². The lowest BCUT2D eigenvalue weighted by Crippen LogP contribution is -2.11. The van der Waals surface area contributed by atoms with Crippen LogP contribution in [0.2, 0.25) is 20.1 Å². The van der Waals surface area contributed by atoms with Crippen LogP contribution in [-0.4, -0.2) is 0 Å². The molecule has 0 atom stereocenters. The summed E-state index contributed by atoms with van der Waals surface area (Å²) in [5.41, 5.74) is 4.66. The number of fused-ring (bicyclic) bond motifs is 16. The Morgan fingerprint density at radius 3 is 0.617 bits per heavy atom. The Morgan fingerprint density at radius 1 is 0.233 bits per heavy atom. The van der Waals surface area contributed by atoms with Crippen molar-refractivity contribution in [2.24, 2.45) is 0 Å². The second kappa shape index (κ2) is 12.8. The van der Waals surface area contributed by atoms with Gasteiger partial charge in [0.1, 0.15) is 0 Å².